The van der Waals surface area contributed by atoms with E-state index >= 15 is 0 Å². The van der Waals surface area contributed by atoms with E-state index in [1.807, 2.05) is 20.8 Å². The number of benzene rings is 2. The monoisotopic (exact) mass is 419 g/mol. The van der Waals surface area contributed by atoms with E-state index in [9.17, 15) is 19.1 Å². The number of fused-ring (bicyclic) bond motifs is 1. The Morgan fingerprint density at radius 2 is 1.90 bits per heavy atom. The molecule has 0 aliphatic carbocycles. The minimum Gasteiger partial charge on any atom is -0.392 e. The average Bonchev–Trinajstić information content (AvgIpc) is 2.72. The van der Waals surface area contributed by atoms with E-state index in [0.29, 0.717) is 27.8 Å². The molecule has 2 N–H and O–H groups in total. The first-order valence-electron chi connectivity index (χ1n) is 9.85. The van der Waals surface area contributed by atoms with Crippen LogP contribution in [0.15, 0.2) is 64.4 Å². The van der Waals surface area contributed by atoms with Gasteiger partial charge in [0, 0.05) is 23.2 Å². The first-order chi connectivity index (χ1) is 14.7. The molecule has 158 valence electrons. The summed E-state index contributed by atoms with van der Waals surface area (Å²) in [5, 5.41) is 14.7. The number of pyridine rings is 1. The lowest BCUT2D eigenvalue weighted by molar-refractivity contribution is 0.282. The Morgan fingerprint density at radius 3 is 2.58 bits per heavy atom. The zero-order valence-electron chi connectivity index (χ0n) is 17.4. The number of halogens is 1. The lowest BCUT2D eigenvalue weighted by atomic mass is 9.86. The summed E-state index contributed by atoms with van der Waals surface area (Å²) in [6, 6.07) is 11.3. The van der Waals surface area contributed by atoms with Gasteiger partial charge in [-0.3, -0.25) is 9.59 Å². The van der Waals surface area contributed by atoms with E-state index < -0.39 is 18.0 Å². The predicted molar refractivity (Wildman–Crippen MR) is 118 cm³/mol. The molecule has 0 radical (unpaired) electrons. The summed E-state index contributed by atoms with van der Waals surface area (Å²) in [6.45, 7) is 5.51. The highest BCUT2D eigenvalue weighted by Gasteiger charge is 2.20. The molecule has 0 aliphatic heterocycles. The number of aliphatic hydroxyl groups is 1. The van der Waals surface area contributed by atoms with Gasteiger partial charge in [-0.05, 0) is 46.4 Å². The third kappa shape index (κ3) is 3.68. The third-order valence-corrected chi connectivity index (χ3v) is 5.33. The van der Waals surface area contributed by atoms with Gasteiger partial charge in [-0.25, -0.2) is 4.39 Å². The number of nitrogens with zero attached hydrogens (tertiary/aromatic N) is 2. The number of aromatic nitrogens is 3. The number of hydrogen-bond acceptors (Lipinski definition) is 4. The zero-order chi connectivity index (χ0) is 22.3. The minimum atomic E-state index is -0.617. The molecule has 0 saturated carbocycles. The van der Waals surface area contributed by atoms with Crippen LogP contribution in [0.5, 0.6) is 0 Å². The van der Waals surface area contributed by atoms with Crippen molar-refractivity contribution in [2.75, 3.05) is 0 Å². The van der Waals surface area contributed by atoms with Gasteiger partial charge >= 0.3 is 0 Å². The van der Waals surface area contributed by atoms with Gasteiger partial charge in [0.1, 0.15) is 5.82 Å². The molecular formula is C24H22FN3O3. The Morgan fingerprint density at radius 1 is 1.13 bits per heavy atom. The number of H-pyrrole nitrogens is 1. The van der Waals surface area contributed by atoms with E-state index in [0.717, 1.165) is 10.2 Å². The second-order valence-corrected chi connectivity index (χ2v) is 8.44. The van der Waals surface area contributed by atoms with Crippen molar-refractivity contribution in [2.24, 2.45) is 0 Å². The fraction of sp³-hybridized carbons (Fsp3) is 0.208. The maximum absolute atomic E-state index is 15.0. The topological polar surface area (TPSA) is 88.0 Å². The Kier molecular flexibility index (Phi) is 5.07. The Bertz CT molecular complexity index is 1410. The van der Waals surface area contributed by atoms with Crippen LogP contribution >= 0.6 is 0 Å². The quantitative estimate of drug-likeness (QED) is 0.530. The lowest BCUT2D eigenvalue weighted by Gasteiger charge is -2.20. The first kappa shape index (κ1) is 20.7. The highest BCUT2D eigenvalue weighted by Crippen LogP contribution is 2.29. The van der Waals surface area contributed by atoms with Crippen molar-refractivity contribution >= 4 is 10.8 Å². The van der Waals surface area contributed by atoms with Crippen molar-refractivity contribution in [3.8, 4) is 16.8 Å². The maximum Gasteiger partial charge on any atom is 0.282 e. The average molecular weight is 419 g/mol. The largest absolute Gasteiger partial charge is 0.392 e. The van der Waals surface area contributed by atoms with Crippen molar-refractivity contribution < 1.29 is 9.50 Å². The Hall–Kier alpha value is -3.58. The van der Waals surface area contributed by atoms with Crippen LogP contribution in [-0.2, 0) is 12.0 Å². The van der Waals surface area contributed by atoms with Crippen molar-refractivity contribution in [3.05, 3.63) is 92.5 Å². The van der Waals surface area contributed by atoms with Gasteiger partial charge in [0.25, 0.3) is 5.56 Å². The molecule has 2 aromatic carbocycles. The molecule has 0 saturated heterocycles. The molecule has 0 bridgehead atoms. The molecule has 0 amide bonds. The molecular weight excluding hydrogens is 397 g/mol. The minimum absolute atomic E-state index is 0.0616. The molecule has 0 spiro atoms. The summed E-state index contributed by atoms with van der Waals surface area (Å²) in [5.41, 5.74) is 1.49. The van der Waals surface area contributed by atoms with Crippen molar-refractivity contribution in [1.82, 2.24) is 14.8 Å². The van der Waals surface area contributed by atoms with E-state index in [1.165, 1.54) is 24.5 Å². The molecule has 0 atom stereocenters. The number of aromatic amines is 1. The fourth-order valence-electron chi connectivity index (χ4n) is 3.66. The Balaban J connectivity index is 1.97. The standard InChI is InChI=1S/C24H22FN3O3/c1-24(2,3)16-9-15-12-27-28(23(31)22(15)19(25)11-16)20-6-4-5-17(18(20)13-29)14-7-8-26-21(30)10-14/h4-12,29H,13H2,1-3H3,(H,26,30). The summed E-state index contributed by atoms with van der Waals surface area (Å²) in [7, 11) is 0. The van der Waals surface area contributed by atoms with Crippen LogP contribution in [-0.4, -0.2) is 19.9 Å². The van der Waals surface area contributed by atoms with Crippen LogP contribution in [0.4, 0.5) is 4.39 Å². The summed E-state index contributed by atoms with van der Waals surface area (Å²) in [5.74, 6) is -0.611. The SMILES string of the molecule is CC(C)(C)c1cc(F)c2c(=O)n(-c3cccc(-c4cc[nH]c(=O)c4)c3CO)ncc2c1. The van der Waals surface area contributed by atoms with E-state index in [4.69, 9.17) is 0 Å². The van der Waals surface area contributed by atoms with Gasteiger partial charge in [-0.1, -0.05) is 32.9 Å². The van der Waals surface area contributed by atoms with Crippen molar-refractivity contribution in [3.63, 3.8) is 0 Å². The smallest absolute Gasteiger partial charge is 0.282 e. The van der Waals surface area contributed by atoms with Crippen LogP contribution in [0.1, 0.15) is 31.9 Å². The highest BCUT2D eigenvalue weighted by atomic mass is 19.1. The Labute approximate surface area is 177 Å². The lowest BCUT2D eigenvalue weighted by Crippen LogP contribution is -2.24. The number of aliphatic hydroxyl groups excluding tert-OH is 1. The number of nitrogens with one attached hydrogen (secondary N) is 1. The second-order valence-electron chi connectivity index (χ2n) is 8.44. The molecule has 0 aliphatic rings. The molecule has 6 nitrogen and oxygen atoms in total. The van der Waals surface area contributed by atoms with E-state index in [-0.39, 0.29) is 16.4 Å². The molecule has 2 aromatic heterocycles. The molecule has 4 aromatic rings. The van der Waals surface area contributed by atoms with E-state index in [1.54, 1.807) is 30.3 Å². The highest BCUT2D eigenvalue weighted by molar-refractivity contribution is 5.83. The van der Waals surface area contributed by atoms with Crippen LogP contribution in [0, 0.1) is 5.82 Å². The van der Waals surface area contributed by atoms with Crippen LogP contribution in [0.3, 0.4) is 0 Å². The molecule has 0 fully saturated rings. The van der Waals surface area contributed by atoms with Gasteiger partial charge in [-0.2, -0.15) is 9.78 Å². The molecule has 0 unspecified atom stereocenters. The number of hydrogen-bond donors (Lipinski definition) is 2. The van der Waals surface area contributed by atoms with Crippen molar-refractivity contribution in [2.45, 2.75) is 32.8 Å². The van der Waals surface area contributed by atoms with Crippen LogP contribution < -0.4 is 11.1 Å². The summed E-state index contributed by atoms with van der Waals surface area (Å²) < 4.78 is 16.1. The van der Waals surface area contributed by atoms with Gasteiger partial charge < -0.3 is 10.1 Å². The molecule has 2 heterocycles. The molecule has 31 heavy (non-hydrogen) atoms. The maximum atomic E-state index is 15.0. The predicted octanol–water partition coefficient (Wildman–Crippen LogP) is 3.67. The summed E-state index contributed by atoms with van der Waals surface area (Å²) >= 11 is 0. The molecule has 4 rings (SSSR count). The van der Waals surface area contributed by atoms with Crippen LogP contribution in [0.2, 0.25) is 0 Å². The van der Waals surface area contributed by atoms with Gasteiger partial charge in [0.15, 0.2) is 0 Å². The third-order valence-electron chi connectivity index (χ3n) is 5.33. The summed E-state index contributed by atoms with van der Waals surface area (Å²) in [4.78, 5) is 27.5. The molecule has 7 heteroatoms. The fourth-order valence-corrected chi connectivity index (χ4v) is 3.66. The van der Waals surface area contributed by atoms with Crippen LogP contribution in [0.25, 0.3) is 27.6 Å². The van der Waals surface area contributed by atoms with Gasteiger partial charge in [-0.15, -0.1) is 0 Å². The second kappa shape index (κ2) is 7.59. The van der Waals surface area contributed by atoms with Gasteiger partial charge in [0.2, 0.25) is 5.56 Å². The van der Waals surface area contributed by atoms with Gasteiger partial charge in [0.05, 0.1) is 23.9 Å². The normalized spacial score (nSPS) is 11.8. The number of rotatable bonds is 3. The van der Waals surface area contributed by atoms with Crippen molar-refractivity contribution in [1.29, 1.82) is 0 Å². The zero-order valence-corrected chi connectivity index (χ0v) is 17.4. The van der Waals surface area contributed by atoms with E-state index in [2.05, 4.69) is 10.1 Å². The first-order valence-corrected chi connectivity index (χ1v) is 9.85. The summed E-state index contributed by atoms with van der Waals surface area (Å²) in [6.07, 6.45) is 2.96.